The van der Waals surface area contributed by atoms with E-state index in [-0.39, 0.29) is 11.9 Å². The van der Waals surface area contributed by atoms with E-state index in [2.05, 4.69) is 13.8 Å². The van der Waals surface area contributed by atoms with Gasteiger partial charge in [0.15, 0.2) is 9.84 Å². The Bertz CT molecular complexity index is 500. The van der Waals surface area contributed by atoms with Crippen molar-refractivity contribution >= 4 is 9.84 Å². The Labute approximate surface area is 122 Å². The molecule has 20 heavy (non-hydrogen) atoms. The zero-order valence-corrected chi connectivity index (χ0v) is 13.3. The molecule has 8 atom stereocenters. The normalized spacial score (nSPS) is 56.3. The number of hydrogen-bond acceptors (Lipinski definition) is 3. The van der Waals surface area contributed by atoms with Crippen LogP contribution in [-0.4, -0.2) is 32.1 Å². The first-order chi connectivity index (χ1) is 9.44. The molecule has 114 valence electrons. The maximum Gasteiger partial charge on any atom is 0.152 e. The van der Waals surface area contributed by atoms with Gasteiger partial charge in [-0.25, -0.2) is 8.42 Å². The Morgan fingerprint density at radius 3 is 2.55 bits per heavy atom. The lowest BCUT2D eigenvalue weighted by Crippen LogP contribution is -2.35. The third kappa shape index (κ3) is 1.98. The van der Waals surface area contributed by atoms with Crippen LogP contribution in [0.15, 0.2) is 0 Å². The van der Waals surface area contributed by atoms with E-state index in [1.54, 1.807) is 0 Å². The average molecular weight is 298 g/mol. The molecule has 8 unspecified atom stereocenters. The number of sulfone groups is 1. The predicted octanol–water partition coefficient (Wildman–Crippen LogP) is 2.51. The third-order valence-electron chi connectivity index (χ3n) is 6.89. The molecule has 0 aromatic carbocycles. The topological polar surface area (TPSA) is 43.4 Å². The van der Waals surface area contributed by atoms with Gasteiger partial charge in [0.05, 0.1) is 23.7 Å². The second kappa shape index (κ2) is 4.45. The van der Waals surface area contributed by atoms with Gasteiger partial charge in [0.1, 0.15) is 0 Å². The van der Waals surface area contributed by atoms with Gasteiger partial charge >= 0.3 is 0 Å². The molecule has 3 saturated carbocycles. The van der Waals surface area contributed by atoms with Gasteiger partial charge in [0.25, 0.3) is 0 Å². The van der Waals surface area contributed by atoms with Crippen molar-refractivity contribution in [3.05, 3.63) is 0 Å². The molecule has 0 spiro atoms. The van der Waals surface area contributed by atoms with Crippen LogP contribution in [-0.2, 0) is 14.6 Å². The average Bonchev–Trinajstić information content (AvgIpc) is 3.06. The lowest BCUT2D eigenvalue weighted by atomic mass is 9.76. The van der Waals surface area contributed by atoms with E-state index < -0.39 is 9.84 Å². The summed E-state index contributed by atoms with van der Waals surface area (Å²) in [6.45, 7) is 4.83. The molecule has 0 radical (unpaired) electrons. The maximum atomic E-state index is 11.6. The molecule has 0 N–H and O–H groups in total. The van der Waals surface area contributed by atoms with Crippen molar-refractivity contribution in [2.75, 3.05) is 11.5 Å². The van der Waals surface area contributed by atoms with Gasteiger partial charge in [0, 0.05) is 0 Å². The van der Waals surface area contributed by atoms with E-state index in [9.17, 15) is 8.42 Å². The van der Waals surface area contributed by atoms with E-state index in [0.29, 0.717) is 17.8 Å². The van der Waals surface area contributed by atoms with Gasteiger partial charge in [-0.3, -0.25) is 0 Å². The Morgan fingerprint density at radius 1 is 1.05 bits per heavy atom. The van der Waals surface area contributed by atoms with E-state index in [1.807, 2.05) is 0 Å². The molecule has 0 amide bonds. The molecule has 1 saturated heterocycles. The van der Waals surface area contributed by atoms with Gasteiger partial charge in [-0.1, -0.05) is 13.8 Å². The van der Waals surface area contributed by atoms with Crippen LogP contribution in [0.4, 0.5) is 0 Å². The van der Waals surface area contributed by atoms with Gasteiger partial charge in [-0.15, -0.1) is 0 Å². The standard InChI is InChI=1S/C16H26O3S/c1-9-5-13-11-6-14(16(13)10(9)2)15(7-11)19-12-3-4-20(17,18)8-12/h9-16H,3-8H2,1-2H3. The van der Waals surface area contributed by atoms with Gasteiger partial charge in [-0.05, 0) is 61.2 Å². The van der Waals surface area contributed by atoms with E-state index in [4.69, 9.17) is 4.74 Å². The molecule has 2 bridgehead atoms. The molecular weight excluding hydrogens is 272 g/mol. The minimum Gasteiger partial charge on any atom is -0.374 e. The van der Waals surface area contributed by atoms with Crippen molar-refractivity contribution < 1.29 is 13.2 Å². The van der Waals surface area contributed by atoms with Gasteiger partial charge < -0.3 is 4.74 Å². The van der Waals surface area contributed by atoms with Crippen molar-refractivity contribution in [2.45, 2.75) is 51.7 Å². The van der Waals surface area contributed by atoms with Crippen LogP contribution in [0.1, 0.15) is 39.5 Å². The zero-order valence-electron chi connectivity index (χ0n) is 12.5. The Morgan fingerprint density at radius 2 is 1.85 bits per heavy atom. The summed E-state index contributed by atoms with van der Waals surface area (Å²) in [5, 5.41) is 0. The maximum absolute atomic E-state index is 11.6. The van der Waals surface area contributed by atoms with E-state index in [1.165, 1.54) is 19.3 Å². The highest BCUT2D eigenvalue weighted by molar-refractivity contribution is 7.91. The van der Waals surface area contributed by atoms with E-state index >= 15 is 0 Å². The monoisotopic (exact) mass is 298 g/mol. The lowest BCUT2D eigenvalue weighted by molar-refractivity contribution is -0.0526. The molecule has 4 rings (SSSR count). The molecule has 3 nitrogen and oxygen atoms in total. The minimum absolute atomic E-state index is 0.0167. The fourth-order valence-corrected chi connectivity index (χ4v) is 7.48. The molecular formula is C16H26O3S. The molecule has 0 aromatic rings. The van der Waals surface area contributed by atoms with Gasteiger partial charge in [-0.2, -0.15) is 0 Å². The summed E-state index contributed by atoms with van der Waals surface area (Å²) < 4.78 is 29.4. The molecule has 4 aliphatic rings. The molecule has 1 heterocycles. The Balaban J connectivity index is 1.45. The SMILES string of the molecule is CC1CC2C3CC(OC4CCS(=O)(=O)C4)C(C3)C2C1C. The second-order valence-corrected chi connectivity index (χ2v) is 10.1. The summed E-state index contributed by atoms with van der Waals surface area (Å²) in [5.41, 5.74) is 0. The first kappa shape index (κ1) is 13.6. The Kier molecular flexibility index (Phi) is 3.02. The van der Waals surface area contributed by atoms with Crippen molar-refractivity contribution in [3.63, 3.8) is 0 Å². The van der Waals surface area contributed by atoms with Crippen LogP contribution in [0.25, 0.3) is 0 Å². The fourth-order valence-electron chi connectivity index (χ4n) is 5.88. The first-order valence-corrected chi connectivity index (χ1v) is 10.1. The highest BCUT2D eigenvalue weighted by atomic mass is 32.2. The van der Waals surface area contributed by atoms with Crippen LogP contribution < -0.4 is 0 Å². The first-order valence-electron chi connectivity index (χ1n) is 8.30. The number of ether oxygens (including phenoxy) is 1. The Hall–Kier alpha value is -0.0900. The quantitative estimate of drug-likeness (QED) is 0.787. The highest BCUT2D eigenvalue weighted by Gasteiger charge is 2.58. The largest absolute Gasteiger partial charge is 0.374 e. The number of hydrogen-bond donors (Lipinski definition) is 0. The molecule has 4 fully saturated rings. The van der Waals surface area contributed by atoms with Crippen LogP contribution in [0.2, 0.25) is 0 Å². The van der Waals surface area contributed by atoms with Crippen molar-refractivity contribution in [2.24, 2.45) is 35.5 Å². The summed E-state index contributed by atoms with van der Waals surface area (Å²) in [6.07, 6.45) is 5.01. The molecule has 1 aliphatic heterocycles. The predicted molar refractivity (Wildman–Crippen MR) is 78.1 cm³/mol. The van der Waals surface area contributed by atoms with Crippen LogP contribution in [0, 0.1) is 35.5 Å². The van der Waals surface area contributed by atoms with Crippen LogP contribution in [0.5, 0.6) is 0 Å². The number of rotatable bonds is 2. The van der Waals surface area contributed by atoms with Crippen molar-refractivity contribution in [3.8, 4) is 0 Å². The van der Waals surface area contributed by atoms with Crippen molar-refractivity contribution in [1.29, 1.82) is 0 Å². The molecule has 4 heteroatoms. The molecule has 0 aromatic heterocycles. The minimum atomic E-state index is -2.81. The summed E-state index contributed by atoms with van der Waals surface area (Å²) in [4.78, 5) is 0. The van der Waals surface area contributed by atoms with Crippen LogP contribution in [0.3, 0.4) is 0 Å². The third-order valence-corrected chi connectivity index (χ3v) is 8.63. The second-order valence-electron chi connectivity index (χ2n) is 7.91. The summed E-state index contributed by atoms with van der Waals surface area (Å²) >= 11 is 0. The molecule has 3 aliphatic carbocycles. The highest BCUT2D eigenvalue weighted by Crippen LogP contribution is 2.62. The van der Waals surface area contributed by atoms with Crippen molar-refractivity contribution in [1.82, 2.24) is 0 Å². The smallest absolute Gasteiger partial charge is 0.152 e. The summed E-state index contributed by atoms with van der Waals surface area (Å²) in [7, 11) is -2.81. The lowest BCUT2D eigenvalue weighted by Gasteiger charge is -2.35. The summed E-state index contributed by atoms with van der Waals surface area (Å²) in [5.74, 6) is 5.66. The van der Waals surface area contributed by atoms with E-state index in [0.717, 1.165) is 36.0 Å². The number of fused-ring (bicyclic) bond motifs is 5. The van der Waals surface area contributed by atoms with Crippen LogP contribution >= 0.6 is 0 Å². The summed E-state index contributed by atoms with van der Waals surface area (Å²) in [6, 6.07) is 0. The van der Waals surface area contributed by atoms with Gasteiger partial charge in [0.2, 0.25) is 0 Å². The zero-order chi connectivity index (χ0) is 14.1. The fraction of sp³-hybridized carbons (Fsp3) is 1.00.